The van der Waals surface area contributed by atoms with Crippen molar-refractivity contribution in [2.24, 2.45) is 0 Å². The summed E-state index contributed by atoms with van der Waals surface area (Å²) in [4.78, 5) is 12.0. The predicted octanol–water partition coefficient (Wildman–Crippen LogP) is 3.75. The Kier molecular flexibility index (Phi) is 4.94. The zero-order valence-electron chi connectivity index (χ0n) is 17.1. The fourth-order valence-electron chi connectivity index (χ4n) is 4.16. The highest BCUT2D eigenvalue weighted by molar-refractivity contribution is 5.95. The van der Waals surface area contributed by atoms with Crippen molar-refractivity contribution in [2.75, 3.05) is 13.2 Å². The van der Waals surface area contributed by atoms with Crippen LogP contribution in [0.1, 0.15) is 56.9 Å². The standard InChI is InChI=1S/C22H26N4O4/c1-2-29-20(28)13-25-12-17(21(23-25)14-6-7-14)22-16-11-15(27)8-9-18(16)26(24-22)19-5-3-4-10-30-19/h8-9,11-12,14,19,27H,2-7,10,13H2,1H3. The van der Waals surface area contributed by atoms with Gasteiger partial charge in [-0.25, -0.2) is 4.68 Å². The maximum absolute atomic E-state index is 12.0. The molecule has 0 amide bonds. The van der Waals surface area contributed by atoms with Crippen molar-refractivity contribution in [2.45, 2.75) is 57.7 Å². The van der Waals surface area contributed by atoms with Crippen LogP contribution in [0.3, 0.4) is 0 Å². The number of hydrogen-bond donors (Lipinski definition) is 1. The number of phenolic OH excluding ortho intramolecular Hbond substituents is 1. The van der Waals surface area contributed by atoms with Gasteiger partial charge < -0.3 is 14.6 Å². The molecule has 8 nitrogen and oxygen atoms in total. The monoisotopic (exact) mass is 410 g/mol. The number of rotatable bonds is 6. The fourth-order valence-corrected chi connectivity index (χ4v) is 4.16. The predicted molar refractivity (Wildman–Crippen MR) is 110 cm³/mol. The van der Waals surface area contributed by atoms with Crippen molar-refractivity contribution in [3.63, 3.8) is 0 Å². The summed E-state index contributed by atoms with van der Waals surface area (Å²) in [6, 6.07) is 5.31. The summed E-state index contributed by atoms with van der Waals surface area (Å²) >= 11 is 0. The number of aromatic hydroxyl groups is 1. The normalized spacial score (nSPS) is 19.3. The van der Waals surface area contributed by atoms with Gasteiger partial charge in [-0.1, -0.05) is 0 Å². The molecule has 0 spiro atoms. The molecule has 1 saturated heterocycles. The number of benzene rings is 1. The van der Waals surface area contributed by atoms with Crippen LogP contribution in [0.4, 0.5) is 0 Å². The van der Waals surface area contributed by atoms with E-state index in [1.165, 1.54) is 0 Å². The molecule has 1 N–H and O–H groups in total. The van der Waals surface area contributed by atoms with Crippen molar-refractivity contribution in [1.29, 1.82) is 0 Å². The molecule has 2 fully saturated rings. The second kappa shape index (κ2) is 7.75. The van der Waals surface area contributed by atoms with Gasteiger partial charge in [-0.15, -0.1) is 0 Å². The molecule has 1 aromatic carbocycles. The molecular weight excluding hydrogens is 384 g/mol. The summed E-state index contributed by atoms with van der Waals surface area (Å²) in [5, 5.41) is 20.6. The summed E-state index contributed by atoms with van der Waals surface area (Å²) in [7, 11) is 0. The van der Waals surface area contributed by atoms with Crippen LogP contribution in [0.15, 0.2) is 24.4 Å². The highest BCUT2D eigenvalue weighted by Gasteiger charge is 2.32. The number of ether oxygens (including phenoxy) is 2. The van der Waals surface area contributed by atoms with Crippen LogP contribution in [0.2, 0.25) is 0 Å². The third-order valence-electron chi connectivity index (χ3n) is 5.72. The number of carbonyl (C=O) groups excluding carboxylic acids is 1. The first kappa shape index (κ1) is 19.1. The van der Waals surface area contributed by atoms with Crippen molar-refractivity contribution in [1.82, 2.24) is 19.6 Å². The molecule has 0 radical (unpaired) electrons. The lowest BCUT2D eigenvalue weighted by molar-refractivity contribution is -0.144. The fraction of sp³-hybridized carbons (Fsp3) is 0.500. The number of esters is 1. The topological polar surface area (TPSA) is 91.4 Å². The Morgan fingerprint density at radius 3 is 2.87 bits per heavy atom. The molecule has 5 rings (SSSR count). The minimum absolute atomic E-state index is 0.0726. The molecule has 158 valence electrons. The Balaban J connectivity index is 1.61. The van der Waals surface area contributed by atoms with E-state index in [1.54, 1.807) is 23.7 Å². The molecule has 1 saturated carbocycles. The Hall–Kier alpha value is -2.87. The number of fused-ring (bicyclic) bond motifs is 1. The SMILES string of the molecule is CCOC(=O)Cn1cc(-c2nn(C3CCCCO3)c3ccc(O)cc23)c(C2CC2)n1. The second-order valence-corrected chi connectivity index (χ2v) is 8.02. The molecular formula is C22H26N4O4. The zero-order valence-corrected chi connectivity index (χ0v) is 17.1. The summed E-state index contributed by atoms with van der Waals surface area (Å²) in [5.74, 6) is 0.268. The van der Waals surface area contributed by atoms with Crippen molar-refractivity contribution >= 4 is 16.9 Å². The van der Waals surface area contributed by atoms with E-state index in [-0.39, 0.29) is 24.5 Å². The molecule has 3 aromatic rings. The van der Waals surface area contributed by atoms with Crippen molar-refractivity contribution < 1.29 is 19.4 Å². The Labute approximate surface area is 174 Å². The first-order valence-electron chi connectivity index (χ1n) is 10.7. The lowest BCUT2D eigenvalue weighted by Gasteiger charge is -2.23. The Morgan fingerprint density at radius 2 is 2.13 bits per heavy atom. The Morgan fingerprint density at radius 1 is 1.27 bits per heavy atom. The van der Waals surface area contributed by atoms with Gasteiger partial charge in [0.1, 0.15) is 18.0 Å². The van der Waals surface area contributed by atoms with Crippen molar-refractivity contribution in [3.05, 3.63) is 30.1 Å². The molecule has 30 heavy (non-hydrogen) atoms. The summed E-state index contributed by atoms with van der Waals surface area (Å²) < 4.78 is 14.6. The third kappa shape index (κ3) is 3.56. The molecule has 2 aromatic heterocycles. The first-order chi connectivity index (χ1) is 14.6. The van der Waals surface area contributed by atoms with Crippen LogP contribution in [0.5, 0.6) is 5.75 Å². The minimum atomic E-state index is -0.308. The van der Waals surface area contributed by atoms with E-state index in [4.69, 9.17) is 19.7 Å². The highest BCUT2D eigenvalue weighted by atomic mass is 16.5. The highest BCUT2D eigenvalue weighted by Crippen LogP contribution is 2.45. The van der Waals surface area contributed by atoms with E-state index in [9.17, 15) is 9.90 Å². The van der Waals surface area contributed by atoms with E-state index in [1.807, 2.05) is 16.9 Å². The number of phenols is 1. The molecule has 1 unspecified atom stereocenters. The smallest absolute Gasteiger partial charge is 0.327 e. The van der Waals surface area contributed by atoms with Crippen LogP contribution >= 0.6 is 0 Å². The lowest BCUT2D eigenvalue weighted by Crippen LogP contribution is -2.19. The molecule has 0 bridgehead atoms. The average Bonchev–Trinajstić information content (AvgIpc) is 3.41. The summed E-state index contributed by atoms with van der Waals surface area (Å²) in [5.41, 5.74) is 3.56. The minimum Gasteiger partial charge on any atom is -0.508 e. The number of hydrogen-bond acceptors (Lipinski definition) is 6. The van der Waals surface area contributed by atoms with Crippen molar-refractivity contribution in [3.8, 4) is 17.0 Å². The van der Waals surface area contributed by atoms with Gasteiger partial charge >= 0.3 is 5.97 Å². The summed E-state index contributed by atoms with van der Waals surface area (Å²) in [6.07, 6.45) is 7.01. The van der Waals surface area contributed by atoms with Gasteiger partial charge in [-0.05, 0) is 57.2 Å². The second-order valence-electron chi connectivity index (χ2n) is 8.02. The maximum atomic E-state index is 12.0. The molecule has 3 heterocycles. The Bertz CT molecular complexity index is 1080. The first-order valence-corrected chi connectivity index (χ1v) is 10.7. The van der Waals surface area contributed by atoms with Gasteiger partial charge in [-0.3, -0.25) is 9.48 Å². The zero-order chi connectivity index (χ0) is 20.7. The maximum Gasteiger partial charge on any atom is 0.327 e. The van der Waals surface area contributed by atoms with E-state index >= 15 is 0 Å². The van der Waals surface area contributed by atoms with E-state index in [0.717, 1.165) is 66.6 Å². The number of carbonyl (C=O) groups is 1. The summed E-state index contributed by atoms with van der Waals surface area (Å²) in [6.45, 7) is 2.94. The van der Waals surface area contributed by atoms with Crippen LogP contribution in [-0.2, 0) is 20.8 Å². The number of nitrogens with zero attached hydrogens (tertiary/aromatic N) is 4. The number of aromatic nitrogens is 4. The van der Waals surface area contributed by atoms with Gasteiger partial charge in [-0.2, -0.15) is 10.2 Å². The van der Waals surface area contributed by atoms with Crippen LogP contribution in [0, 0.1) is 0 Å². The molecule has 1 atom stereocenters. The quantitative estimate of drug-likeness (QED) is 0.623. The third-order valence-corrected chi connectivity index (χ3v) is 5.72. The largest absolute Gasteiger partial charge is 0.508 e. The van der Waals surface area contributed by atoms with E-state index < -0.39 is 0 Å². The molecule has 8 heteroatoms. The van der Waals surface area contributed by atoms with Crippen LogP contribution < -0.4 is 0 Å². The molecule has 1 aliphatic carbocycles. The molecule has 1 aliphatic heterocycles. The van der Waals surface area contributed by atoms with Gasteiger partial charge in [0.2, 0.25) is 0 Å². The van der Waals surface area contributed by atoms with E-state index in [2.05, 4.69) is 0 Å². The van der Waals surface area contributed by atoms with Crippen LogP contribution in [0.25, 0.3) is 22.2 Å². The van der Waals surface area contributed by atoms with Gasteiger partial charge in [0.15, 0.2) is 6.23 Å². The van der Waals surface area contributed by atoms with Gasteiger partial charge in [0.25, 0.3) is 0 Å². The van der Waals surface area contributed by atoms with E-state index in [0.29, 0.717) is 12.5 Å². The van der Waals surface area contributed by atoms with Gasteiger partial charge in [0.05, 0.1) is 17.8 Å². The average molecular weight is 410 g/mol. The van der Waals surface area contributed by atoms with Crippen LogP contribution in [-0.4, -0.2) is 43.9 Å². The molecule has 2 aliphatic rings. The van der Waals surface area contributed by atoms with Gasteiger partial charge in [0, 0.05) is 29.7 Å². The lowest BCUT2D eigenvalue weighted by atomic mass is 10.1.